The van der Waals surface area contributed by atoms with E-state index in [0.717, 1.165) is 25.9 Å². The Morgan fingerprint density at radius 2 is 2.21 bits per heavy atom. The Balaban J connectivity index is 2.50. The summed E-state index contributed by atoms with van der Waals surface area (Å²) < 4.78 is 0. The number of carbonyl (C=O) groups excluding carboxylic acids is 1. The molecule has 1 amide bonds. The van der Waals surface area contributed by atoms with Crippen LogP contribution in [0.3, 0.4) is 0 Å². The van der Waals surface area contributed by atoms with Crippen LogP contribution in [0.4, 0.5) is 0 Å². The van der Waals surface area contributed by atoms with Gasteiger partial charge in [0.05, 0.1) is 6.07 Å². The van der Waals surface area contributed by atoms with Crippen LogP contribution >= 0.6 is 0 Å². The predicted molar refractivity (Wildman–Crippen MR) is 54.4 cm³/mol. The maximum absolute atomic E-state index is 11.5. The van der Waals surface area contributed by atoms with Gasteiger partial charge in [0.25, 0.3) is 0 Å². The molecular weight excluding hydrogens is 176 g/mol. The molecule has 3 heteroatoms. The van der Waals surface area contributed by atoms with Gasteiger partial charge in [-0.25, -0.2) is 0 Å². The first-order valence-corrected chi connectivity index (χ1v) is 5.20. The van der Waals surface area contributed by atoms with E-state index in [1.807, 2.05) is 18.7 Å². The summed E-state index contributed by atoms with van der Waals surface area (Å²) in [4.78, 5) is 13.4. The van der Waals surface area contributed by atoms with Crippen LogP contribution in [-0.2, 0) is 4.79 Å². The van der Waals surface area contributed by atoms with Crippen molar-refractivity contribution in [2.24, 2.45) is 5.41 Å². The van der Waals surface area contributed by atoms with Crippen LogP contribution in [0.2, 0.25) is 0 Å². The minimum absolute atomic E-state index is 0.0677. The predicted octanol–water partition coefficient (Wildman–Crippen LogP) is 1.94. The van der Waals surface area contributed by atoms with Crippen molar-refractivity contribution in [3.05, 3.63) is 0 Å². The number of carbonyl (C=O) groups is 1. The molecule has 0 aromatic carbocycles. The number of nitrogens with zero attached hydrogens (tertiary/aromatic N) is 2. The normalized spacial score (nSPS) is 18.1. The smallest absolute Gasteiger partial charge is 0.222 e. The fourth-order valence-corrected chi connectivity index (χ4v) is 1.82. The van der Waals surface area contributed by atoms with Crippen LogP contribution in [0.5, 0.6) is 0 Å². The van der Waals surface area contributed by atoms with Gasteiger partial charge in [-0.15, -0.1) is 0 Å². The lowest BCUT2D eigenvalue weighted by Gasteiger charge is -2.33. The third kappa shape index (κ3) is 3.02. The van der Waals surface area contributed by atoms with Crippen molar-refractivity contribution in [1.82, 2.24) is 4.90 Å². The number of rotatable bonds is 3. The lowest BCUT2D eigenvalue weighted by atomic mass is 9.88. The average molecular weight is 194 g/mol. The van der Waals surface area contributed by atoms with Crippen LogP contribution in [0.1, 0.15) is 39.5 Å². The van der Waals surface area contributed by atoms with E-state index in [1.165, 1.54) is 0 Å². The summed E-state index contributed by atoms with van der Waals surface area (Å²) in [6.07, 6.45) is 3.32. The summed E-state index contributed by atoms with van der Waals surface area (Å²) in [6, 6.07) is 2.17. The summed E-state index contributed by atoms with van der Waals surface area (Å²) in [6.45, 7) is 5.67. The highest BCUT2D eigenvalue weighted by atomic mass is 16.2. The molecule has 0 bridgehead atoms. The van der Waals surface area contributed by atoms with Crippen LogP contribution in [0.15, 0.2) is 0 Å². The summed E-state index contributed by atoms with van der Waals surface area (Å²) in [7, 11) is 0. The third-order valence-electron chi connectivity index (χ3n) is 2.60. The minimum Gasteiger partial charge on any atom is -0.342 e. The molecule has 0 atom stereocenters. The van der Waals surface area contributed by atoms with Gasteiger partial charge in [-0.3, -0.25) is 4.79 Å². The first kappa shape index (κ1) is 11.0. The average Bonchev–Trinajstić information content (AvgIpc) is 2.08. The molecule has 1 saturated heterocycles. The lowest BCUT2D eigenvalue weighted by molar-refractivity contribution is -0.134. The molecule has 0 aromatic rings. The maximum atomic E-state index is 11.5. The van der Waals surface area contributed by atoms with Crippen molar-refractivity contribution in [3.63, 3.8) is 0 Å². The van der Waals surface area contributed by atoms with Crippen LogP contribution in [-0.4, -0.2) is 23.9 Å². The van der Waals surface area contributed by atoms with Crippen molar-refractivity contribution < 1.29 is 4.79 Å². The summed E-state index contributed by atoms with van der Waals surface area (Å²) in [5, 5.41) is 8.64. The number of piperidine rings is 1. The summed E-state index contributed by atoms with van der Waals surface area (Å²) >= 11 is 0. The van der Waals surface area contributed by atoms with Crippen molar-refractivity contribution in [2.75, 3.05) is 13.1 Å². The van der Waals surface area contributed by atoms with Gasteiger partial charge in [-0.05, 0) is 18.3 Å². The minimum atomic E-state index is -0.0677. The molecule has 0 radical (unpaired) electrons. The molecular formula is C11H18N2O. The van der Waals surface area contributed by atoms with E-state index in [4.69, 9.17) is 5.26 Å². The Labute approximate surface area is 85.7 Å². The molecule has 0 spiro atoms. The van der Waals surface area contributed by atoms with Crippen LogP contribution < -0.4 is 0 Å². The quantitative estimate of drug-likeness (QED) is 0.689. The zero-order valence-electron chi connectivity index (χ0n) is 9.05. The Kier molecular flexibility index (Phi) is 3.51. The van der Waals surface area contributed by atoms with Gasteiger partial charge in [0.2, 0.25) is 5.91 Å². The second-order valence-electron chi connectivity index (χ2n) is 4.77. The number of hydrogen-bond acceptors (Lipinski definition) is 2. The zero-order chi connectivity index (χ0) is 10.6. The first-order valence-electron chi connectivity index (χ1n) is 5.20. The Bertz CT molecular complexity index is 253. The van der Waals surface area contributed by atoms with Crippen molar-refractivity contribution in [1.29, 1.82) is 5.26 Å². The van der Waals surface area contributed by atoms with E-state index in [0.29, 0.717) is 12.8 Å². The fourth-order valence-electron chi connectivity index (χ4n) is 1.82. The summed E-state index contributed by atoms with van der Waals surface area (Å²) in [5.74, 6) is 0.252. The summed E-state index contributed by atoms with van der Waals surface area (Å²) in [5.41, 5.74) is -0.0677. The van der Waals surface area contributed by atoms with E-state index in [2.05, 4.69) is 6.07 Å². The second kappa shape index (κ2) is 4.45. The van der Waals surface area contributed by atoms with Crippen LogP contribution in [0.25, 0.3) is 0 Å². The van der Waals surface area contributed by atoms with Gasteiger partial charge in [-0.2, -0.15) is 5.26 Å². The van der Waals surface area contributed by atoms with E-state index in [-0.39, 0.29) is 11.3 Å². The highest BCUT2D eigenvalue weighted by Crippen LogP contribution is 2.23. The largest absolute Gasteiger partial charge is 0.342 e. The SMILES string of the molecule is CC(C)(CC#N)CN1CCCCC1=O. The molecule has 1 aliphatic rings. The molecule has 0 aliphatic carbocycles. The highest BCUT2D eigenvalue weighted by molar-refractivity contribution is 5.76. The molecule has 78 valence electrons. The molecule has 1 heterocycles. The Morgan fingerprint density at radius 3 is 2.79 bits per heavy atom. The maximum Gasteiger partial charge on any atom is 0.222 e. The lowest BCUT2D eigenvalue weighted by Crippen LogP contribution is -2.41. The van der Waals surface area contributed by atoms with Crippen molar-refractivity contribution >= 4 is 5.91 Å². The second-order valence-corrected chi connectivity index (χ2v) is 4.77. The molecule has 0 N–H and O–H groups in total. The monoisotopic (exact) mass is 194 g/mol. The number of amides is 1. The number of hydrogen-bond donors (Lipinski definition) is 0. The third-order valence-corrected chi connectivity index (χ3v) is 2.60. The standard InChI is InChI=1S/C11H18N2O/c1-11(2,6-7-12)9-13-8-4-3-5-10(13)14/h3-6,8-9H2,1-2H3. The van der Waals surface area contributed by atoms with E-state index in [1.54, 1.807) is 0 Å². The van der Waals surface area contributed by atoms with Gasteiger partial charge < -0.3 is 4.90 Å². The fraction of sp³-hybridized carbons (Fsp3) is 0.818. The highest BCUT2D eigenvalue weighted by Gasteiger charge is 2.26. The van der Waals surface area contributed by atoms with E-state index in [9.17, 15) is 4.79 Å². The first-order chi connectivity index (χ1) is 6.55. The van der Waals surface area contributed by atoms with Gasteiger partial charge in [0.1, 0.15) is 0 Å². The Hall–Kier alpha value is -1.04. The van der Waals surface area contributed by atoms with E-state index < -0.39 is 0 Å². The molecule has 1 aliphatic heterocycles. The van der Waals surface area contributed by atoms with E-state index >= 15 is 0 Å². The topological polar surface area (TPSA) is 44.1 Å². The molecule has 3 nitrogen and oxygen atoms in total. The Morgan fingerprint density at radius 1 is 1.50 bits per heavy atom. The molecule has 0 unspecified atom stereocenters. The number of likely N-dealkylation sites (tertiary alicyclic amines) is 1. The number of nitriles is 1. The molecule has 14 heavy (non-hydrogen) atoms. The van der Waals surface area contributed by atoms with Crippen LogP contribution in [0, 0.1) is 16.7 Å². The van der Waals surface area contributed by atoms with Gasteiger partial charge in [-0.1, -0.05) is 13.8 Å². The molecule has 0 saturated carbocycles. The zero-order valence-corrected chi connectivity index (χ0v) is 9.05. The van der Waals surface area contributed by atoms with Gasteiger partial charge in [0, 0.05) is 25.9 Å². The van der Waals surface area contributed by atoms with Crippen molar-refractivity contribution in [3.8, 4) is 6.07 Å². The van der Waals surface area contributed by atoms with Gasteiger partial charge >= 0.3 is 0 Å². The molecule has 1 rings (SSSR count). The molecule has 0 aromatic heterocycles. The van der Waals surface area contributed by atoms with Gasteiger partial charge in [0.15, 0.2) is 0 Å². The molecule has 1 fully saturated rings. The van der Waals surface area contributed by atoms with Crippen molar-refractivity contribution in [2.45, 2.75) is 39.5 Å².